The quantitative estimate of drug-likeness (QED) is 0.345. The predicted octanol–water partition coefficient (Wildman–Crippen LogP) is 6.65. The SMILES string of the molecule is c1ccc(CC(Cc2ccccc2)(Cc2ccccc2)c2ccccc2)cc1. The lowest BCUT2D eigenvalue weighted by Gasteiger charge is -2.36. The highest BCUT2D eigenvalue weighted by molar-refractivity contribution is 5.36. The van der Waals surface area contributed by atoms with Gasteiger partial charge in [0.15, 0.2) is 0 Å². The summed E-state index contributed by atoms with van der Waals surface area (Å²) in [5.41, 5.74) is 5.58. The van der Waals surface area contributed by atoms with Gasteiger partial charge >= 0.3 is 0 Å². The summed E-state index contributed by atoms with van der Waals surface area (Å²) in [6, 6.07) is 43.8. The maximum atomic E-state index is 2.30. The van der Waals surface area contributed by atoms with E-state index in [4.69, 9.17) is 0 Å². The summed E-state index contributed by atoms with van der Waals surface area (Å²) >= 11 is 0. The van der Waals surface area contributed by atoms with Gasteiger partial charge in [-0.1, -0.05) is 121 Å². The molecule has 0 heteroatoms. The molecule has 0 unspecified atom stereocenters. The monoisotopic (exact) mass is 362 g/mol. The molecule has 0 aromatic heterocycles. The Bertz CT molecular complexity index is 856. The van der Waals surface area contributed by atoms with Gasteiger partial charge in [0.2, 0.25) is 0 Å². The Labute approximate surface area is 168 Å². The summed E-state index contributed by atoms with van der Waals surface area (Å²) < 4.78 is 0. The van der Waals surface area contributed by atoms with Crippen LogP contribution in [-0.2, 0) is 24.7 Å². The summed E-state index contributed by atoms with van der Waals surface area (Å²) in [7, 11) is 0. The van der Waals surface area contributed by atoms with E-state index in [-0.39, 0.29) is 5.41 Å². The predicted molar refractivity (Wildman–Crippen MR) is 119 cm³/mol. The van der Waals surface area contributed by atoms with E-state index in [1.165, 1.54) is 22.3 Å². The average molecular weight is 363 g/mol. The van der Waals surface area contributed by atoms with Crippen molar-refractivity contribution < 1.29 is 0 Å². The molecule has 0 aliphatic carbocycles. The highest BCUT2D eigenvalue weighted by Crippen LogP contribution is 2.36. The van der Waals surface area contributed by atoms with Crippen LogP contribution in [0.25, 0.3) is 0 Å². The summed E-state index contributed by atoms with van der Waals surface area (Å²) in [5, 5.41) is 0. The maximum absolute atomic E-state index is 2.30. The van der Waals surface area contributed by atoms with Crippen LogP contribution in [0, 0.1) is 0 Å². The Hall–Kier alpha value is -3.12. The molecule has 0 atom stereocenters. The van der Waals surface area contributed by atoms with E-state index in [0.717, 1.165) is 19.3 Å². The van der Waals surface area contributed by atoms with Crippen LogP contribution in [0.4, 0.5) is 0 Å². The van der Waals surface area contributed by atoms with Gasteiger partial charge in [0.25, 0.3) is 0 Å². The second-order valence-corrected chi connectivity index (χ2v) is 7.63. The van der Waals surface area contributed by atoms with Crippen molar-refractivity contribution in [2.45, 2.75) is 24.7 Å². The van der Waals surface area contributed by atoms with Crippen molar-refractivity contribution in [3.05, 3.63) is 144 Å². The largest absolute Gasteiger partial charge is 0.0622 e. The third-order valence-corrected chi connectivity index (χ3v) is 5.54. The summed E-state index contributed by atoms with van der Waals surface area (Å²) in [5.74, 6) is 0. The molecule has 0 saturated carbocycles. The first-order chi connectivity index (χ1) is 13.8. The Morgan fingerprint density at radius 2 is 0.643 bits per heavy atom. The second-order valence-electron chi connectivity index (χ2n) is 7.63. The zero-order chi connectivity index (χ0) is 19.1. The topological polar surface area (TPSA) is 0 Å². The Kier molecular flexibility index (Phi) is 5.68. The van der Waals surface area contributed by atoms with E-state index in [2.05, 4.69) is 121 Å². The second kappa shape index (κ2) is 8.71. The molecule has 0 nitrogen and oxygen atoms in total. The van der Waals surface area contributed by atoms with E-state index < -0.39 is 0 Å². The molecule has 0 amide bonds. The third-order valence-electron chi connectivity index (χ3n) is 5.54. The molecule has 28 heavy (non-hydrogen) atoms. The van der Waals surface area contributed by atoms with Crippen LogP contribution in [0.3, 0.4) is 0 Å². The lowest BCUT2D eigenvalue weighted by molar-refractivity contribution is 0.415. The van der Waals surface area contributed by atoms with Crippen LogP contribution in [0.1, 0.15) is 22.3 Å². The van der Waals surface area contributed by atoms with Gasteiger partial charge in [-0.3, -0.25) is 0 Å². The lowest BCUT2D eigenvalue weighted by Crippen LogP contribution is -2.34. The summed E-state index contributed by atoms with van der Waals surface area (Å²) in [6.45, 7) is 0. The fraction of sp³-hybridized carbons (Fsp3) is 0.143. The standard InChI is InChI=1S/C28H26/c1-5-13-24(14-6-1)21-28(27-19-11-4-12-20-27,22-25-15-7-2-8-16-25)23-26-17-9-3-10-18-26/h1-20H,21-23H2. The maximum Gasteiger partial charge on any atom is 0.00739 e. The molecule has 4 rings (SSSR count). The molecule has 4 aromatic carbocycles. The van der Waals surface area contributed by atoms with Crippen molar-refractivity contribution in [1.82, 2.24) is 0 Å². The van der Waals surface area contributed by atoms with E-state index in [1.54, 1.807) is 0 Å². The van der Waals surface area contributed by atoms with Crippen LogP contribution in [0.2, 0.25) is 0 Å². The highest BCUT2D eigenvalue weighted by Gasteiger charge is 2.33. The molecule has 0 radical (unpaired) electrons. The van der Waals surface area contributed by atoms with Crippen molar-refractivity contribution in [3.63, 3.8) is 0 Å². The van der Waals surface area contributed by atoms with Crippen LogP contribution >= 0.6 is 0 Å². The van der Waals surface area contributed by atoms with Gasteiger partial charge in [-0.25, -0.2) is 0 Å². The third kappa shape index (κ3) is 4.40. The van der Waals surface area contributed by atoms with Crippen molar-refractivity contribution in [2.75, 3.05) is 0 Å². The van der Waals surface area contributed by atoms with Gasteiger partial charge < -0.3 is 0 Å². The number of benzene rings is 4. The van der Waals surface area contributed by atoms with Crippen molar-refractivity contribution in [1.29, 1.82) is 0 Å². The molecule has 0 aliphatic heterocycles. The highest BCUT2D eigenvalue weighted by atomic mass is 14.4. The van der Waals surface area contributed by atoms with E-state index >= 15 is 0 Å². The smallest absolute Gasteiger partial charge is 0.00739 e. The molecule has 0 fully saturated rings. The zero-order valence-electron chi connectivity index (χ0n) is 16.2. The molecule has 0 heterocycles. The molecule has 0 N–H and O–H groups in total. The van der Waals surface area contributed by atoms with Crippen molar-refractivity contribution >= 4 is 0 Å². The Morgan fingerprint density at radius 3 is 0.964 bits per heavy atom. The molecule has 138 valence electrons. The Morgan fingerprint density at radius 1 is 0.357 bits per heavy atom. The normalized spacial score (nSPS) is 11.3. The average Bonchev–Trinajstić information content (AvgIpc) is 2.76. The van der Waals surface area contributed by atoms with Crippen molar-refractivity contribution in [3.8, 4) is 0 Å². The van der Waals surface area contributed by atoms with Crippen LogP contribution in [0.15, 0.2) is 121 Å². The van der Waals surface area contributed by atoms with Gasteiger partial charge in [-0.2, -0.15) is 0 Å². The van der Waals surface area contributed by atoms with Crippen LogP contribution < -0.4 is 0 Å². The first-order valence-corrected chi connectivity index (χ1v) is 10.0. The minimum Gasteiger partial charge on any atom is -0.0622 e. The molecular formula is C28H26. The van der Waals surface area contributed by atoms with E-state index in [9.17, 15) is 0 Å². The minimum absolute atomic E-state index is 0.00528. The number of hydrogen-bond acceptors (Lipinski definition) is 0. The summed E-state index contributed by atoms with van der Waals surface area (Å²) in [6.07, 6.45) is 3.05. The van der Waals surface area contributed by atoms with Gasteiger partial charge in [0.1, 0.15) is 0 Å². The van der Waals surface area contributed by atoms with Gasteiger partial charge in [-0.05, 0) is 41.5 Å². The molecular weight excluding hydrogens is 336 g/mol. The first-order valence-electron chi connectivity index (χ1n) is 10.0. The van der Waals surface area contributed by atoms with Crippen molar-refractivity contribution in [2.24, 2.45) is 0 Å². The molecule has 0 bridgehead atoms. The van der Waals surface area contributed by atoms with E-state index in [1.807, 2.05) is 0 Å². The number of hydrogen-bond donors (Lipinski definition) is 0. The van der Waals surface area contributed by atoms with Crippen LogP contribution in [0.5, 0.6) is 0 Å². The van der Waals surface area contributed by atoms with Gasteiger partial charge in [-0.15, -0.1) is 0 Å². The lowest BCUT2D eigenvalue weighted by atomic mass is 9.68. The molecule has 0 aliphatic rings. The Balaban J connectivity index is 1.82. The van der Waals surface area contributed by atoms with Crippen LogP contribution in [-0.4, -0.2) is 0 Å². The molecule has 0 saturated heterocycles. The first kappa shape index (κ1) is 18.3. The van der Waals surface area contributed by atoms with Gasteiger partial charge in [0.05, 0.1) is 0 Å². The molecule has 4 aromatic rings. The zero-order valence-corrected chi connectivity index (χ0v) is 16.2. The summed E-state index contributed by atoms with van der Waals surface area (Å²) in [4.78, 5) is 0. The van der Waals surface area contributed by atoms with E-state index in [0.29, 0.717) is 0 Å². The molecule has 0 spiro atoms. The fourth-order valence-corrected chi connectivity index (χ4v) is 4.25. The fourth-order valence-electron chi connectivity index (χ4n) is 4.25. The number of rotatable bonds is 7. The minimum atomic E-state index is 0.00528. The van der Waals surface area contributed by atoms with Gasteiger partial charge in [0, 0.05) is 5.41 Å².